The van der Waals surface area contributed by atoms with Gasteiger partial charge in [0.2, 0.25) is 0 Å². The molecule has 0 saturated heterocycles. The van der Waals surface area contributed by atoms with E-state index in [9.17, 15) is 4.79 Å². The Labute approximate surface area is 103 Å². The lowest BCUT2D eigenvalue weighted by Gasteiger charge is -2.03. The van der Waals surface area contributed by atoms with E-state index in [1.165, 1.54) is 25.7 Å². The van der Waals surface area contributed by atoms with E-state index in [0.29, 0.717) is 5.57 Å². The Bertz CT molecular complexity index is 314. The highest BCUT2D eigenvalue weighted by molar-refractivity contribution is 7.80. The molecule has 0 spiro atoms. The van der Waals surface area contributed by atoms with Crippen LogP contribution in [0.5, 0.6) is 0 Å². The molecule has 0 aromatic carbocycles. The fourth-order valence-electron chi connectivity index (χ4n) is 1.54. The van der Waals surface area contributed by atoms with Crippen molar-refractivity contribution in [2.24, 2.45) is 0 Å². The number of allylic oxidation sites excluding steroid dienone is 1. The molecular formula is C13H19NOS. The number of carbonyl (C=O) groups is 1. The van der Waals surface area contributed by atoms with E-state index in [2.05, 4.69) is 23.7 Å². The van der Waals surface area contributed by atoms with E-state index in [1.807, 2.05) is 6.08 Å². The average Bonchev–Trinajstić information content (AvgIpc) is 2.81. The van der Waals surface area contributed by atoms with Gasteiger partial charge in [-0.25, -0.2) is 0 Å². The Morgan fingerprint density at radius 1 is 1.25 bits per heavy atom. The molecule has 1 rings (SSSR count). The molecule has 2 nitrogen and oxygen atoms in total. The molecule has 1 aliphatic rings. The topological polar surface area (TPSA) is 29.1 Å². The Balaban J connectivity index is 1.97. The molecule has 0 heterocycles. The van der Waals surface area contributed by atoms with Gasteiger partial charge in [-0.1, -0.05) is 25.3 Å². The SMILES string of the molecule is O=C(NCCCCCCCS)C1=C=CC=C1. The van der Waals surface area contributed by atoms with Crippen LogP contribution in [0.15, 0.2) is 29.5 Å². The summed E-state index contributed by atoms with van der Waals surface area (Å²) >= 11 is 4.16. The summed E-state index contributed by atoms with van der Waals surface area (Å²) in [4.78, 5) is 11.5. The average molecular weight is 237 g/mol. The summed E-state index contributed by atoms with van der Waals surface area (Å²) in [7, 11) is 0. The Kier molecular flexibility index (Phi) is 6.78. The number of hydrogen-bond acceptors (Lipinski definition) is 2. The summed E-state index contributed by atoms with van der Waals surface area (Å²) in [6.07, 6.45) is 11.3. The summed E-state index contributed by atoms with van der Waals surface area (Å²) in [5, 5.41) is 2.89. The second-order valence-electron chi connectivity index (χ2n) is 3.83. The molecular weight excluding hydrogens is 218 g/mol. The minimum absolute atomic E-state index is 0.0136. The van der Waals surface area contributed by atoms with Crippen LogP contribution < -0.4 is 5.32 Å². The molecule has 0 saturated carbocycles. The van der Waals surface area contributed by atoms with Crippen molar-refractivity contribution in [3.63, 3.8) is 0 Å². The van der Waals surface area contributed by atoms with Crippen molar-refractivity contribution in [3.8, 4) is 0 Å². The maximum absolute atomic E-state index is 11.5. The van der Waals surface area contributed by atoms with E-state index in [-0.39, 0.29) is 5.91 Å². The molecule has 1 aliphatic carbocycles. The van der Waals surface area contributed by atoms with Crippen LogP contribution in [0.3, 0.4) is 0 Å². The fraction of sp³-hybridized carbons (Fsp3) is 0.538. The van der Waals surface area contributed by atoms with E-state index in [0.717, 1.165) is 18.7 Å². The third-order valence-electron chi connectivity index (χ3n) is 2.46. The first-order valence-corrected chi connectivity index (χ1v) is 6.50. The van der Waals surface area contributed by atoms with Crippen molar-refractivity contribution in [1.82, 2.24) is 5.32 Å². The van der Waals surface area contributed by atoms with Crippen molar-refractivity contribution in [2.75, 3.05) is 12.3 Å². The minimum atomic E-state index is -0.0136. The van der Waals surface area contributed by atoms with Crippen LogP contribution in [-0.4, -0.2) is 18.2 Å². The lowest BCUT2D eigenvalue weighted by atomic mass is 10.1. The van der Waals surface area contributed by atoms with E-state index in [1.54, 1.807) is 12.2 Å². The largest absolute Gasteiger partial charge is 0.352 e. The van der Waals surface area contributed by atoms with Crippen molar-refractivity contribution >= 4 is 18.5 Å². The number of nitrogens with one attached hydrogen (secondary N) is 1. The van der Waals surface area contributed by atoms with Crippen molar-refractivity contribution in [3.05, 3.63) is 29.5 Å². The van der Waals surface area contributed by atoms with E-state index in [4.69, 9.17) is 0 Å². The Morgan fingerprint density at radius 3 is 2.69 bits per heavy atom. The zero-order valence-corrected chi connectivity index (χ0v) is 10.4. The first-order valence-electron chi connectivity index (χ1n) is 5.87. The molecule has 0 aromatic rings. The second-order valence-corrected chi connectivity index (χ2v) is 4.28. The second kappa shape index (κ2) is 8.26. The molecule has 0 radical (unpaired) electrons. The highest BCUT2D eigenvalue weighted by atomic mass is 32.1. The monoisotopic (exact) mass is 237 g/mol. The summed E-state index contributed by atoms with van der Waals surface area (Å²) in [6, 6.07) is 0. The predicted octanol–water partition coefficient (Wildman–Crippen LogP) is 2.63. The van der Waals surface area contributed by atoms with Gasteiger partial charge >= 0.3 is 0 Å². The van der Waals surface area contributed by atoms with Gasteiger partial charge in [0.15, 0.2) is 0 Å². The quantitative estimate of drug-likeness (QED) is 0.379. The van der Waals surface area contributed by atoms with Crippen molar-refractivity contribution in [1.29, 1.82) is 0 Å². The van der Waals surface area contributed by atoms with Crippen LogP contribution in [0.4, 0.5) is 0 Å². The smallest absolute Gasteiger partial charge is 0.259 e. The van der Waals surface area contributed by atoms with E-state index >= 15 is 0 Å². The molecule has 1 N–H and O–H groups in total. The Hall–Kier alpha value is -0.920. The van der Waals surface area contributed by atoms with Gasteiger partial charge in [0, 0.05) is 6.54 Å². The van der Waals surface area contributed by atoms with Gasteiger partial charge < -0.3 is 5.32 Å². The van der Waals surface area contributed by atoms with Crippen LogP contribution in [0.25, 0.3) is 0 Å². The standard InChI is InChI=1S/C13H19NOS/c15-13(12-8-4-5-9-12)14-10-6-2-1-3-7-11-16/h4-5,8,16H,1-3,6-7,10-11H2,(H,14,15). The van der Waals surface area contributed by atoms with Gasteiger partial charge in [-0.05, 0) is 30.7 Å². The first kappa shape index (κ1) is 13.1. The highest BCUT2D eigenvalue weighted by Crippen LogP contribution is 2.04. The normalized spacial score (nSPS) is 12.9. The fourth-order valence-corrected chi connectivity index (χ4v) is 1.76. The van der Waals surface area contributed by atoms with Gasteiger partial charge in [-0.3, -0.25) is 4.79 Å². The summed E-state index contributed by atoms with van der Waals surface area (Å²) in [5.74, 6) is 0.962. The van der Waals surface area contributed by atoms with Gasteiger partial charge in [0.1, 0.15) is 0 Å². The zero-order chi connectivity index (χ0) is 11.6. The summed E-state index contributed by atoms with van der Waals surface area (Å²) in [5.41, 5.74) is 3.52. The first-order chi connectivity index (χ1) is 7.84. The molecule has 88 valence electrons. The molecule has 0 unspecified atom stereocenters. The number of rotatable bonds is 8. The molecule has 0 atom stereocenters. The number of amides is 1. The maximum atomic E-state index is 11.5. The third-order valence-corrected chi connectivity index (χ3v) is 2.78. The van der Waals surface area contributed by atoms with Crippen LogP contribution in [-0.2, 0) is 4.79 Å². The number of thiol groups is 1. The van der Waals surface area contributed by atoms with Crippen molar-refractivity contribution in [2.45, 2.75) is 32.1 Å². The number of hydrogen-bond donors (Lipinski definition) is 2. The number of unbranched alkanes of at least 4 members (excludes halogenated alkanes) is 4. The minimum Gasteiger partial charge on any atom is -0.352 e. The molecule has 0 fully saturated rings. The lowest BCUT2D eigenvalue weighted by molar-refractivity contribution is -0.117. The molecule has 1 amide bonds. The lowest BCUT2D eigenvalue weighted by Crippen LogP contribution is -2.24. The highest BCUT2D eigenvalue weighted by Gasteiger charge is 2.05. The third kappa shape index (κ3) is 5.24. The zero-order valence-electron chi connectivity index (χ0n) is 9.54. The van der Waals surface area contributed by atoms with Gasteiger partial charge in [0.25, 0.3) is 5.91 Å². The molecule has 0 aromatic heterocycles. The van der Waals surface area contributed by atoms with Gasteiger partial charge in [0.05, 0.1) is 5.57 Å². The van der Waals surface area contributed by atoms with Crippen LogP contribution >= 0.6 is 12.6 Å². The van der Waals surface area contributed by atoms with Gasteiger partial charge in [-0.15, -0.1) is 5.73 Å². The predicted molar refractivity (Wildman–Crippen MR) is 70.7 cm³/mol. The van der Waals surface area contributed by atoms with Crippen molar-refractivity contribution < 1.29 is 4.79 Å². The maximum Gasteiger partial charge on any atom is 0.259 e. The Morgan fingerprint density at radius 2 is 2.00 bits per heavy atom. The van der Waals surface area contributed by atoms with Crippen LogP contribution in [0.1, 0.15) is 32.1 Å². The molecule has 0 bridgehead atoms. The molecule has 3 heteroatoms. The van der Waals surface area contributed by atoms with Gasteiger partial charge in [-0.2, -0.15) is 12.6 Å². The van der Waals surface area contributed by atoms with Crippen LogP contribution in [0, 0.1) is 0 Å². The number of carbonyl (C=O) groups excluding carboxylic acids is 1. The summed E-state index contributed by atoms with van der Waals surface area (Å²) < 4.78 is 0. The van der Waals surface area contributed by atoms with Crippen LogP contribution in [0.2, 0.25) is 0 Å². The van der Waals surface area contributed by atoms with E-state index < -0.39 is 0 Å². The molecule has 0 aliphatic heterocycles. The molecule has 16 heavy (non-hydrogen) atoms. The summed E-state index contributed by atoms with van der Waals surface area (Å²) in [6.45, 7) is 0.763.